The van der Waals surface area contributed by atoms with Crippen molar-refractivity contribution in [2.75, 3.05) is 18.1 Å². The molecule has 3 aromatic rings. The van der Waals surface area contributed by atoms with Crippen molar-refractivity contribution >= 4 is 23.7 Å². The summed E-state index contributed by atoms with van der Waals surface area (Å²) in [6.45, 7) is 5.05. The molecule has 0 amide bonds. The van der Waals surface area contributed by atoms with Gasteiger partial charge in [0.2, 0.25) is 5.90 Å². The Kier molecular flexibility index (Phi) is 7.21. The van der Waals surface area contributed by atoms with Gasteiger partial charge in [-0.25, -0.2) is 5.01 Å². The van der Waals surface area contributed by atoms with E-state index in [1.54, 1.807) is 0 Å². The van der Waals surface area contributed by atoms with Gasteiger partial charge in [0, 0.05) is 18.5 Å². The summed E-state index contributed by atoms with van der Waals surface area (Å²) in [5.74, 6) is 0.847. The SMILES string of the molecule is Cc1c(C2C=Cc3cc(CNC4CC4)ccc32)cccc1N1N=C(OC2CCNCC2)C(=Cc2ccccc2)C1N. The minimum Gasteiger partial charge on any atom is -0.473 e. The second kappa shape index (κ2) is 11.3. The molecule has 6 heteroatoms. The van der Waals surface area contributed by atoms with Gasteiger partial charge in [0.25, 0.3) is 0 Å². The smallest absolute Gasteiger partial charge is 0.238 e. The molecule has 2 fully saturated rings. The Morgan fingerprint density at radius 1 is 1.00 bits per heavy atom. The zero-order chi connectivity index (χ0) is 27.8. The number of nitrogens with one attached hydrogen (secondary N) is 2. The molecule has 2 aliphatic carbocycles. The van der Waals surface area contributed by atoms with E-state index in [0.29, 0.717) is 11.9 Å². The summed E-state index contributed by atoms with van der Waals surface area (Å²) in [5, 5.41) is 14.0. The maximum Gasteiger partial charge on any atom is 0.238 e. The van der Waals surface area contributed by atoms with Crippen LogP contribution in [0.2, 0.25) is 0 Å². The minimum atomic E-state index is -0.436. The molecule has 2 heterocycles. The van der Waals surface area contributed by atoms with Crippen molar-refractivity contribution in [2.45, 2.75) is 63.4 Å². The van der Waals surface area contributed by atoms with Gasteiger partial charge in [0.05, 0.1) is 11.3 Å². The number of ether oxygens (including phenoxy) is 1. The van der Waals surface area contributed by atoms with E-state index < -0.39 is 6.17 Å². The number of anilines is 1. The van der Waals surface area contributed by atoms with Gasteiger partial charge in [0.1, 0.15) is 12.3 Å². The van der Waals surface area contributed by atoms with Crippen LogP contribution >= 0.6 is 0 Å². The first-order valence-electron chi connectivity index (χ1n) is 15.1. The number of fused-ring (bicyclic) bond motifs is 1. The third-order valence-electron chi connectivity index (χ3n) is 8.77. The van der Waals surface area contributed by atoms with Gasteiger partial charge in [-0.15, -0.1) is 5.10 Å². The molecule has 1 saturated carbocycles. The van der Waals surface area contributed by atoms with Crippen LogP contribution in [0, 0.1) is 6.92 Å². The topological polar surface area (TPSA) is 74.9 Å². The highest BCUT2D eigenvalue weighted by molar-refractivity contribution is 6.03. The van der Waals surface area contributed by atoms with Crippen LogP contribution in [0.1, 0.15) is 65.0 Å². The molecule has 2 atom stereocenters. The molecule has 2 unspecified atom stereocenters. The molecule has 4 aliphatic rings. The van der Waals surface area contributed by atoms with Crippen LogP contribution in [-0.2, 0) is 11.3 Å². The number of hydrazone groups is 1. The molecule has 3 aromatic carbocycles. The number of nitrogens with zero attached hydrogens (tertiary/aromatic N) is 2. The van der Waals surface area contributed by atoms with Crippen LogP contribution in [0.25, 0.3) is 12.2 Å². The number of nitrogens with two attached hydrogens (primary N) is 1. The maximum absolute atomic E-state index is 6.95. The quantitative estimate of drug-likeness (QED) is 0.356. The Balaban J connectivity index is 1.19. The molecule has 0 spiro atoms. The molecule has 7 rings (SSSR count). The summed E-state index contributed by atoms with van der Waals surface area (Å²) < 4.78 is 6.53. The fourth-order valence-corrected chi connectivity index (χ4v) is 6.23. The fourth-order valence-electron chi connectivity index (χ4n) is 6.23. The van der Waals surface area contributed by atoms with Crippen molar-refractivity contribution < 1.29 is 4.74 Å². The molecule has 6 nitrogen and oxygen atoms in total. The van der Waals surface area contributed by atoms with E-state index in [9.17, 15) is 0 Å². The van der Waals surface area contributed by atoms with E-state index in [-0.39, 0.29) is 12.0 Å². The Morgan fingerprint density at radius 2 is 1.83 bits per heavy atom. The van der Waals surface area contributed by atoms with Crippen molar-refractivity contribution in [3.8, 4) is 0 Å². The molecule has 0 bridgehead atoms. The lowest BCUT2D eigenvalue weighted by Gasteiger charge is -2.25. The number of rotatable bonds is 7. The van der Waals surface area contributed by atoms with Crippen molar-refractivity contribution in [3.05, 3.63) is 112 Å². The largest absolute Gasteiger partial charge is 0.473 e. The van der Waals surface area contributed by atoms with Gasteiger partial charge in [-0.05, 0) is 91.2 Å². The average molecular weight is 546 g/mol. The lowest BCUT2D eigenvalue weighted by Crippen LogP contribution is -2.38. The summed E-state index contributed by atoms with van der Waals surface area (Å²) in [4.78, 5) is 0. The predicted molar refractivity (Wildman–Crippen MR) is 168 cm³/mol. The highest BCUT2D eigenvalue weighted by Crippen LogP contribution is 2.41. The normalized spacial score (nSPS) is 23.2. The zero-order valence-corrected chi connectivity index (χ0v) is 23.7. The van der Waals surface area contributed by atoms with Gasteiger partial charge < -0.3 is 21.1 Å². The summed E-state index contributed by atoms with van der Waals surface area (Å²) in [7, 11) is 0. The second-order valence-electron chi connectivity index (χ2n) is 11.7. The standard InChI is InChI=1S/C35H39N5O/c1-23-29(31-15-11-26-20-25(10-14-30(26)31)22-38-27-12-13-27)8-5-9-33(23)40-34(36)32(21-24-6-3-2-4-7-24)35(39-40)41-28-16-18-37-19-17-28/h2-11,14-15,20-21,27-28,31,34,37-38H,12-13,16-19,22,36H2,1H3. The van der Waals surface area contributed by atoms with E-state index >= 15 is 0 Å². The van der Waals surface area contributed by atoms with Gasteiger partial charge >= 0.3 is 0 Å². The summed E-state index contributed by atoms with van der Waals surface area (Å²) in [5.41, 5.74) is 16.5. The summed E-state index contributed by atoms with van der Waals surface area (Å²) >= 11 is 0. The lowest BCUT2D eigenvalue weighted by atomic mass is 9.89. The molecule has 1 saturated heterocycles. The summed E-state index contributed by atoms with van der Waals surface area (Å²) in [6.07, 6.45) is 11.0. The van der Waals surface area contributed by atoms with Crippen LogP contribution in [0.15, 0.2) is 83.5 Å². The third-order valence-corrected chi connectivity index (χ3v) is 8.77. The van der Waals surface area contributed by atoms with Crippen LogP contribution < -0.4 is 21.4 Å². The highest BCUT2D eigenvalue weighted by Gasteiger charge is 2.35. The predicted octanol–water partition coefficient (Wildman–Crippen LogP) is 5.68. The lowest BCUT2D eigenvalue weighted by molar-refractivity contribution is 0.151. The van der Waals surface area contributed by atoms with Gasteiger partial charge in [0.15, 0.2) is 0 Å². The summed E-state index contributed by atoms with van der Waals surface area (Å²) in [6, 6.07) is 24.4. The van der Waals surface area contributed by atoms with Crippen LogP contribution in [0.3, 0.4) is 0 Å². The molecular weight excluding hydrogens is 506 g/mol. The average Bonchev–Trinajstić information content (AvgIpc) is 3.68. The molecule has 41 heavy (non-hydrogen) atoms. The first kappa shape index (κ1) is 26.2. The van der Waals surface area contributed by atoms with Gasteiger partial charge in [-0.3, -0.25) is 0 Å². The fraction of sp³-hybridized carbons (Fsp3) is 0.343. The molecular formula is C35H39N5O. The Morgan fingerprint density at radius 3 is 2.63 bits per heavy atom. The number of hydrogen-bond donors (Lipinski definition) is 3. The zero-order valence-electron chi connectivity index (χ0n) is 23.7. The molecule has 2 aliphatic heterocycles. The Hall–Kier alpha value is -3.71. The van der Waals surface area contributed by atoms with Gasteiger partial charge in [-0.1, -0.05) is 72.8 Å². The number of piperidine rings is 1. The first-order chi connectivity index (χ1) is 20.1. The highest BCUT2D eigenvalue weighted by atomic mass is 16.5. The second-order valence-corrected chi connectivity index (χ2v) is 11.7. The molecule has 0 aromatic heterocycles. The van der Waals surface area contributed by atoms with E-state index in [2.05, 4.69) is 84.3 Å². The van der Waals surface area contributed by atoms with Crippen LogP contribution in [0.4, 0.5) is 5.69 Å². The van der Waals surface area contributed by atoms with Crippen molar-refractivity contribution in [1.82, 2.24) is 10.6 Å². The Labute approximate surface area is 243 Å². The van der Waals surface area contributed by atoms with E-state index in [0.717, 1.165) is 49.3 Å². The number of benzene rings is 3. The van der Waals surface area contributed by atoms with Crippen LogP contribution in [-0.4, -0.2) is 37.3 Å². The first-order valence-corrected chi connectivity index (χ1v) is 15.1. The maximum atomic E-state index is 6.95. The van der Waals surface area contributed by atoms with Gasteiger partial charge in [-0.2, -0.15) is 0 Å². The van der Waals surface area contributed by atoms with Crippen molar-refractivity contribution in [1.29, 1.82) is 0 Å². The number of allylic oxidation sites excluding steroid dienone is 1. The van der Waals surface area contributed by atoms with E-state index in [1.807, 2.05) is 23.2 Å². The Bertz CT molecular complexity index is 1500. The minimum absolute atomic E-state index is 0.137. The van der Waals surface area contributed by atoms with Crippen molar-refractivity contribution in [2.24, 2.45) is 10.8 Å². The van der Waals surface area contributed by atoms with E-state index in [4.69, 9.17) is 15.6 Å². The van der Waals surface area contributed by atoms with Crippen LogP contribution in [0.5, 0.6) is 0 Å². The number of hydrogen-bond acceptors (Lipinski definition) is 6. The molecule has 4 N–H and O–H groups in total. The monoisotopic (exact) mass is 545 g/mol. The molecule has 0 radical (unpaired) electrons. The van der Waals surface area contributed by atoms with Crippen molar-refractivity contribution in [3.63, 3.8) is 0 Å². The van der Waals surface area contributed by atoms with E-state index in [1.165, 1.54) is 40.7 Å². The third kappa shape index (κ3) is 5.47. The molecule has 210 valence electrons.